The maximum Gasteiger partial charge on any atom is 0.390 e. The van der Waals surface area contributed by atoms with Gasteiger partial charge in [-0.25, -0.2) is 9.59 Å². The van der Waals surface area contributed by atoms with Crippen LogP contribution in [0.25, 0.3) is 0 Å². The Labute approximate surface area is 95.6 Å². The molecule has 2 amide bonds. The fourth-order valence-electron chi connectivity index (χ4n) is 1.68. The fraction of sp³-hybridized carbons (Fsp3) is 0.778. The first-order valence-corrected chi connectivity index (χ1v) is 5.15. The molecule has 0 radical (unpaired) electrons. The highest BCUT2D eigenvalue weighted by Gasteiger charge is 2.34. The van der Waals surface area contributed by atoms with Crippen molar-refractivity contribution in [3.05, 3.63) is 0 Å². The minimum Gasteiger partial charge on any atom is -0.480 e. The molecule has 0 aliphatic carbocycles. The molecule has 2 N–H and O–H groups in total. The molecular formula is C9H13F3N2O3. The zero-order chi connectivity index (χ0) is 13.1. The summed E-state index contributed by atoms with van der Waals surface area (Å²) >= 11 is 0. The lowest BCUT2D eigenvalue weighted by molar-refractivity contribution is -0.141. The second kappa shape index (κ2) is 5.24. The van der Waals surface area contributed by atoms with Crippen molar-refractivity contribution in [1.29, 1.82) is 0 Å². The molecule has 8 heteroatoms. The molecule has 1 aliphatic rings. The second-order valence-corrected chi connectivity index (χ2v) is 3.79. The van der Waals surface area contributed by atoms with Crippen molar-refractivity contribution in [1.82, 2.24) is 10.2 Å². The lowest BCUT2D eigenvalue weighted by atomic mass is 10.2. The molecule has 0 saturated carbocycles. The number of aliphatic carboxylic acids is 1. The van der Waals surface area contributed by atoms with Gasteiger partial charge in [0.15, 0.2) is 0 Å². The summed E-state index contributed by atoms with van der Waals surface area (Å²) in [6, 6.07) is -1.68. The molecule has 5 nitrogen and oxygen atoms in total. The van der Waals surface area contributed by atoms with E-state index < -0.39 is 37.2 Å². The van der Waals surface area contributed by atoms with Crippen LogP contribution in [0.15, 0.2) is 0 Å². The van der Waals surface area contributed by atoms with E-state index in [0.717, 1.165) is 4.90 Å². The number of urea groups is 1. The van der Waals surface area contributed by atoms with Gasteiger partial charge in [0.05, 0.1) is 6.42 Å². The molecule has 1 heterocycles. The summed E-state index contributed by atoms with van der Waals surface area (Å²) < 4.78 is 35.5. The second-order valence-electron chi connectivity index (χ2n) is 3.79. The van der Waals surface area contributed by atoms with Crippen molar-refractivity contribution in [3.63, 3.8) is 0 Å². The van der Waals surface area contributed by atoms with E-state index in [9.17, 15) is 22.8 Å². The Hall–Kier alpha value is -1.47. The third kappa shape index (κ3) is 4.12. The maximum absolute atomic E-state index is 11.8. The fourth-order valence-corrected chi connectivity index (χ4v) is 1.68. The maximum atomic E-state index is 11.8. The normalized spacial score (nSPS) is 20.4. The van der Waals surface area contributed by atoms with Gasteiger partial charge in [-0.2, -0.15) is 13.2 Å². The van der Waals surface area contributed by atoms with Crippen LogP contribution >= 0.6 is 0 Å². The predicted molar refractivity (Wildman–Crippen MR) is 51.4 cm³/mol. The first-order chi connectivity index (χ1) is 7.81. The lowest BCUT2D eigenvalue weighted by Gasteiger charge is -2.21. The van der Waals surface area contributed by atoms with Gasteiger partial charge in [0.1, 0.15) is 6.04 Å². The predicted octanol–water partition coefficient (Wildman–Crippen LogP) is 1.20. The smallest absolute Gasteiger partial charge is 0.390 e. The lowest BCUT2D eigenvalue weighted by Crippen LogP contribution is -2.46. The number of rotatable bonds is 3. The number of nitrogens with zero attached hydrogens (tertiary/aromatic N) is 1. The Morgan fingerprint density at radius 1 is 1.41 bits per heavy atom. The van der Waals surface area contributed by atoms with Crippen molar-refractivity contribution in [3.8, 4) is 0 Å². The van der Waals surface area contributed by atoms with Crippen LogP contribution in [-0.4, -0.2) is 47.3 Å². The SMILES string of the molecule is O=C(O)C1CCCN1C(=O)NCCC(F)(F)F. The first-order valence-electron chi connectivity index (χ1n) is 5.15. The van der Waals surface area contributed by atoms with Gasteiger partial charge < -0.3 is 15.3 Å². The zero-order valence-electron chi connectivity index (χ0n) is 8.96. The summed E-state index contributed by atoms with van der Waals surface area (Å²) in [7, 11) is 0. The average molecular weight is 254 g/mol. The third-order valence-electron chi connectivity index (χ3n) is 2.48. The molecule has 98 valence electrons. The van der Waals surface area contributed by atoms with Crippen LogP contribution in [0.5, 0.6) is 0 Å². The van der Waals surface area contributed by atoms with E-state index in [2.05, 4.69) is 5.32 Å². The van der Waals surface area contributed by atoms with Gasteiger partial charge in [-0.05, 0) is 12.8 Å². The van der Waals surface area contributed by atoms with E-state index in [4.69, 9.17) is 5.11 Å². The summed E-state index contributed by atoms with van der Waals surface area (Å²) in [6.07, 6.45) is -4.57. The number of carboxylic acids is 1. The van der Waals surface area contributed by atoms with Crippen LogP contribution < -0.4 is 5.32 Å². The van der Waals surface area contributed by atoms with Gasteiger partial charge in [0.2, 0.25) is 0 Å². The minimum atomic E-state index is -4.33. The van der Waals surface area contributed by atoms with E-state index in [0.29, 0.717) is 12.8 Å². The van der Waals surface area contributed by atoms with Crippen molar-refractivity contribution < 1.29 is 27.9 Å². The van der Waals surface area contributed by atoms with E-state index in [1.807, 2.05) is 0 Å². The zero-order valence-corrected chi connectivity index (χ0v) is 8.96. The first kappa shape index (κ1) is 13.6. The van der Waals surface area contributed by atoms with Gasteiger partial charge in [-0.3, -0.25) is 0 Å². The van der Waals surface area contributed by atoms with Crippen LogP contribution in [0, 0.1) is 0 Å². The topological polar surface area (TPSA) is 69.6 Å². The number of likely N-dealkylation sites (tertiary alicyclic amines) is 1. The number of nitrogens with one attached hydrogen (secondary N) is 1. The minimum absolute atomic E-state index is 0.259. The highest BCUT2D eigenvalue weighted by molar-refractivity contribution is 5.83. The summed E-state index contributed by atoms with van der Waals surface area (Å²) in [5.41, 5.74) is 0. The Morgan fingerprint density at radius 3 is 2.59 bits per heavy atom. The van der Waals surface area contributed by atoms with Gasteiger partial charge in [0, 0.05) is 13.1 Å². The number of carboxylic acid groups (broad SMARTS) is 1. The molecule has 1 fully saturated rings. The van der Waals surface area contributed by atoms with Crippen molar-refractivity contribution in [2.24, 2.45) is 0 Å². The van der Waals surface area contributed by atoms with Crippen molar-refractivity contribution >= 4 is 12.0 Å². The molecule has 0 bridgehead atoms. The van der Waals surface area contributed by atoms with Gasteiger partial charge in [-0.1, -0.05) is 0 Å². The molecule has 1 saturated heterocycles. The van der Waals surface area contributed by atoms with Crippen LogP contribution in [0.4, 0.5) is 18.0 Å². The largest absolute Gasteiger partial charge is 0.480 e. The number of amides is 2. The standard InChI is InChI=1S/C9H13F3N2O3/c10-9(11,12)3-4-13-8(17)14-5-1-2-6(14)7(15)16/h6H,1-5H2,(H,13,17)(H,15,16). The Kier molecular flexibility index (Phi) is 4.19. The number of carbonyl (C=O) groups excluding carboxylic acids is 1. The number of hydrogen-bond acceptors (Lipinski definition) is 2. The van der Waals surface area contributed by atoms with E-state index >= 15 is 0 Å². The third-order valence-corrected chi connectivity index (χ3v) is 2.48. The van der Waals surface area contributed by atoms with Gasteiger partial charge in [0.25, 0.3) is 0 Å². The Bertz CT molecular complexity index is 306. The van der Waals surface area contributed by atoms with Crippen LogP contribution in [0.3, 0.4) is 0 Å². The van der Waals surface area contributed by atoms with Gasteiger partial charge in [-0.15, -0.1) is 0 Å². The molecular weight excluding hydrogens is 241 g/mol. The van der Waals surface area contributed by atoms with Crippen LogP contribution in [0.2, 0.25) is 0 Å². The molecule has 0 aromatic rings. The Balaban J connectivity index is 2.40. The monoisotopic (exact) mass is 254 g/mol. The number of hydrogen-bond donors (Lipinski definition) is 2. The molecule has 0 spiro atoms. The van der Waals surface area contributed by atoms with E-state index in [1.54, 1.807) is 0 Å². The average Bonchev–Trinajstić information content (AvgIpc) is 2.63. The summed E-state index contributed by atoms with van der Waals surface area (Å²) in [6.45, 7) is -0.278. The number of carbonyl (C=O) groups is 2. The molecule has 17 heavy (non-hydrogen) atoms. The molecule has 0 aromatic heterocycles. The van der Waals surface area contributed by atoms with E-state index in [1.165, 1.54) is 0 Å². The van der Waals surface area contributed by atoms with Gasteiger partial charge >= 0.3 is 18.2 Å². The quantitative estimate of drug-likeness (QED) is 0.795. The molecule has 1 atom stereocenters. The molecule has 1 aliphatic heterocycles. The summed E-state index contributed by atoms with van der Waals surface area (Å²) in [5, 5.41) is 10.9. The molecule has 0 aromatic carbocycles. The van der Waals surface area contributed by atoms with Crippen molar-refractivity contribution in [2.45, 2.75) is 31.5 Å². The van der Waals surface area contributed by atoms with Crippen molar-refractivity contribution in [2.75, 3.05) is 13.1 Å². The number of halogens is 3. The molecule has 1 unspecified atom stereocenters. The molecule has 1 rings (SSSR count). The summed E-state index contributed by atoms with van der Waals surface area (Å²) in [5.74, 6) is -1.13. The van der Waals surface area contributed by atoms with Crippen LogP contribution in [0.1, 0.15) is 19.3 Å². The van der Waals surface area contributed by atoms with E-state index in [-0.39, 0.29) is 6.54 Å². The highest BCUT2D eigenvalue weighted by atomic mass is 19.4. The Morgan fingerprint density at radius 2 is 2.06 bits per heavy atom. The van der Waals surface area contributed by atoms with Crippen LogP contribution in [-0.2, 0) is 4.79 Å². The highest BCUT2D eigenvalue weighted by Crippen LogP contribution is 2.19. The number of alkyl halides is 3. The summed E-state index contributed by atoms with van der Waals surface area (Å²) in [4.78, 5) is 23.2.